The van der Waals surface area contributed by atoms with E-state index in [1.54, 1.807) is 12.1 Å². The van der Waals surface area contributed by atoms with Crippen LogP contribution in [0.3, 0.4) is 0 Å². The highest BCUT2D eigenvalue weighted by Crippen LogP contribution is 2.30. The normalized spacial score (nSPS) is 19.2. The predicted molar refractivity (Wildman–Crippen MR) is 97.7 cm³/mol. The van der Waals surface area contributed by atoms with Crippen molar-refractivity contribution in [2.24, 2.45) is 0 Å². The number of halogens is 1. The molecule has 1 atom stereocenters. The number of ketones is 1. The Bertz CT molecular complexity index is 901. The summed E-state index contributed by atoms with van der Waals surface area (Å²) in [5.41, 5.74) is 2.37. The Hall–Kier alpha value is -1.60. The Labute approximate surface area is 151 Å². The van der Waals surface area contributed by atoms with Crippen molar-refractivity contribution in [3.8, 4) is 0 Å². The second kappa shape index (κ2) is 6.96. The summed E-state index contributed by atoms with van der Waals surface area (Å²) in [4.78, 5) is 13.4. The summed E-state index contributed by atoms with van der Waals surface area (Å²) >= 11 is 1.37. The van der Waals surface area contributed by atoms with Crippen LogP contribution >= 0.6 is 11.8 Å². The van der Waals surface area contributed by atoms with Crippen molar-refractivity contribution in [2.75, 3.05) is 17.3 Å². The van der Waals surface area contributed by atoms with Crippen LogP contribution in [0.15, 0.2) is 35.2 Å². The van der Waals surface area contributed by atoms with Gasteiger partial charge in [0.1, 0.15) is 5.82 Å². The summed E-state index contributed by atoms with van der Waals surface area (Å²) in [5, 5.41) is 0. The Morgan fingerprint density at radius 3 is 2.56 bits per heavy atom. The molecular formula is C18H20FNO3S2. The molecule has 1 saturated heterocycles. The van der Waals surface area contributed by atoms with E-state index in [0.717, 1.165) is 16.3 Å². The fourth-order valence-corrected chi connectivity index (χ4v) is 5.84. The summed E-state index contributed by atoms with van der Waals surface area (Å²) in [6.45, 7) is 3.77. The van der Waals surface area contributed by atoms with Crippen LogP contribution in [0.25, 0.3) is 0 Å². The van der Waals surface area contributed by atoms with E-state index < -0.39 is 9.84 Å². The van der Waals surface area contributed by atoms with Gasteiger partial charge in [-0.15, -0.1) is 11.8 Å². The molecule has 1 aliphatic heterocycles. The minimum absolute atomic E-state index is 0.00507. The van der Waals surface area contributed by atoms with Crippen LogP contribution in [0.2, 0.25) is 0 Å². The smallest absolute Gasteiger partial charge is 0.174 e. The van der Waals surface area contributed by atoms with E-state index in [1.807, 2.05) is 24.5 Å². The van der Waals surface area contributed by atoms with Crippen molar-refractivity contribution in [1.29, 1.82) is 0 Å². The lowest BCUT2D eigenvalue weighted by molar-refractivity contribution is 0.102. The summed E-state index contributed by atoms with van der Waals surface area (Å²) in [7, 11) is -2.98. The molecule has 7 heteroatoms. The zero-order valence-corrected chi connectivity index (χ0v) is 15.8. The van der Waals surface area contributed by atoms with Crippen LogP contribution in [0.1, 0.15) is 34.2 Å². The van der Waals surface area contributed by atoms with Gasteiger partial charge in [-0.3, -0.25) is 4.79 Å². The first-order chi connectivity index (χ1) is 11.8. The fraction of sp³-hybridized carbons (Fsp3) is 0.389. The summed E-state index contributed by atoms with van der Waals surface area (Å²) < 4.78 is 38.4. The van der Waals surface area contributed by atoms with E-state index in [4.69, 9.17) is 0 Å². The molecule has 0 saturated carbocycles. The lowest BCUT2D eigenvalue weighted by Crippen LogP contribution is -2.14. The number of sulfone groups is 1. The number of rotatable bonds is 5. The van der Waals surface area contributed by atoms with Gasteiger partial charge in [0.25, 0.3) is 0 Å². The van der Waals surface area contributed by atoms with Gasteiger partial charge in [-0.25, -0.2) is 12.8 Å². The molecule has 3 rings (SSSR count). The van der Waals surface area contributed by atoms with Crippen molar-refractivity contribution in [3.63, 3.8) is 0 Å². The van der Waals surface area contributed by atoms with Gasteiger partial charge in [-0.05, 0) is 50.6 Å². The zero-order chi connectivity index (χ0) is 18.2. The van der Waals surface area contributed by atoms with Gasteiger partial charge < -0.3 is 4.57 Å². The molecule has 1 aromatic heterocycles. The minimum atomic E-state index is -2.98. The van der Waals surface area contributed by atoms with Gasteiger partial charge in [-0.2, -0.15) is 0 Å². The lowest BCUT2D eigenvalue weighted by atomic mass is 10.2. The number of hydrogen-bond donors (Lipinski definition) is 0. The monoisotopic (exact) mass is 381 g/mol. The Morgan fingerprint density at radius 2 is 1.96 bits per heavy atom. The van der Waals surface area contributed by atoms with Gasteiger partial charge in [0, 0.05) is 27.9 Å². The molecule has 0 radical (unpaired) electrons. The first-order valence-electron chi connectivity index (χ1n) is 8.07. The zero-order valence-electron chi connectivity index (χ0n) is 14.2. The SMILES string of the molecule is Cc1cc(C(=O)CSc2ccc(F)cc2)c(C)n1C1CCS(=O)(=O)C1. The first kappa shape index (κ1) is 18.2. The molecule has 25 heavy (non-hydrogen) atoms. The summed E-state index contributed by atoms with van der Waals surface area (Å²) in [6.07, 6.45) is 0.594. The van der Waals surface area contributed by atoms with E-state index >= 15 is 0 Å². The summed E-state index contributed by atoms with van der Waals surface area (Å²) in [5.74, 6) is 0.304. The second-order valence-electron chi connectivity index (χ2n) is 6.38. The summed E-state index contributed by atoms with van der Waals surface area (Å²) in [6, 6.07) is 7.81. The number of carbonyl (C=O) groups is 1. The lowest BCUT2D eigenvalue weighted by Gasteiger charge is -2.16. The molecule has 0 spiro atoms. The standard InChI is InChI=1S/C18H20FNO3S2/c1-12-9-17(13(2)20(12)15-7-8-25(22,23)11-15)18(21)10-24-16-5-3-14(19)4-6-16/h3-6,9,15H,7-8,10-11H2,1-2H3. The minimum Gasteiger partial charge on any atom is -0.344 e. The quantitative estimate of drug-likeness (QED) is 0.587. The topological polar surface area (TPSA) is 56.1 Å². The van der Waals surface area contributed by atoms with E-state index in [1.165, 1.54) is 23.9 Å². The molecule has 0 N–H and O–H groups in total. The van der Waals surface area contributed by atoms with E-state index in [9.17, 15) is 17.6 Å². The fourth-order valence-electron chi connectivity index (χ4n) is 3.36. The van der Waals surface area contributed by atoms with Crippen LogP contribution in [0.4, 0.5) is 4.39 Å². The Morgan fingerprint density at radius 1 is 1.28 bits per heavy atom. The van der Waals surface area contributed by atoms with Gasteiger partial charge in [0.05, 0.1) is 17.3 Å². The second-order valence-corrected chi connectivity index (χ2v) is 9.65. The number of benzene rings is 1. The number of thioether (sulfide) groups is 1. The number of Topliss-reactive ketones (excluding diaryl/α,β-unsaturated/α-hetero) is 1. The molecule has 1 fully saturated rings. The highest BCUT2D eigenvalue weighted by Gasteiger charge is 2.31. The molecule has 1 aromatic carbocycles. The Balaban J connectivity index is 1.75. The van der Waals surface area contributed by atoms with Gasteiger partial charge in [0.2, 0.25) is 0 Å². The molecule has 2 heterocycles. The van der Waals surface area contributed by atoms with Crippen LogP contribution in [-0.2, 0) is 9.84 Å². The van der Waals surface area contributed by atoms with E-state index in [0.29, 0.717) is 12.0 Å². The largest absolute Gasteiger partial charge is 0.344 e. The maximum absolute atomic E-state index is 12.9. The average molecular weight is 381 g/mol. The molecule has 1 aliphatic rings. The number of hydrogen-bond acceptors (Lipinski definition) is 4. The maximum atomic E-state index is 12.9. The number of carbonyl (C=O) groups excluding carboxylic acids is 1. The molecule has 0 aliphatic carbocycles. The third-order valence-electron chi connectivity index (χ3n) is 4.54. The van der Waals surface area contributed by atoms with Gasteiger partial charge >= 0.3 is 0 Å². The highest BCUT2D eigenvalue weighted by molar-refractivity contribution is 8.00. The van der Waals surface area contributed by atoms with Crippen molar-refractivity contribution in [1.82, 2.24) is 4.57 Å². The molecule has 1 unspecified atom stereocenters. The van der Waals surface area contributed by atoms with Crippen molar-refractivity contribution in [2.45, 2.75) is 31.2 Å². The number of aryl methyl sites for hydroxylation is 1. The van der Waals surface area contributed by atoms with Crippen molar-refractivity contribution >= 4 is 27.4 Å². The van der Waals surface area contributed by atoms with Crippen molar-refractivity contribution in [3.05, 3.63) is 53.1 Å². The predicted octanol–water partition coefficient (Wildman–Crippen LogP) is 3.58. The molecule has 134 valence electrons. The average Bonchev–Trinajstić information content (AvgIpc) is 3.05. The molecule has 0 amide bonds. The van der Waals surface area contributed by atoms with Crippen LogP contribution in [-0.4, -0.2) is 36.0 Å². The Kier molecular flexibility index (Phi) is 5.06. The van der Waals surface area contributed by atoms with E-state index in [2.05, 4.69) is 0 Å². The van der Waals surface area contributed by atoms with Crippen LogP contribution in [0, 0.1) is 19.7 Å². The molecule has 2 aromatic rings. The van der Waals surface area contributed by atoms with Gasteiger partial charge in [0.15, 0.2) is 15.6 Å². The number of nitrogens with zero attached hydrogens (tertiary/aromatic N) is 1. The van der Waals surface area contributed by atoms with Crippen LogP contribution in [0.5, 0.6) is 0 Å². The van der Waals surface area contributed by atoms with Crippen molar-refractivity contribution < 1.29 is 17.6 Å². The molecule has 4 nitrogen and oxygen atoms in total. The third kappa shape index (κ3) is 3.98. The maximum Gasteiger partial charge on any atom is 0.174 e. The van der Waals surface area contributed by atoms with Gasteiger partial charge in [-0.1, -0.05) is 0 Å². The highest BCUT2D eigenvalue weighted by atomic mass is 32.2. The van der Waals surface area contributed by atoms with E-state index in [-0.39, 0.29) is 34.9 Å². The molecular weight excluding hydrogens is 361 g/mol. The van der Waals surface area contributed by atoms with Crippen LogP contribution < -0.4 is 0 Å². The molecule has 0 bridgehead atoms. The number of aromatic nitrogens is 1. The first-order valence-corrected chi connectivity index (χ1v) is 10.9. The third-order valence-corrected chi connectivity index (χ3v) is 7.30.